The molecule has 2 rings (SSSR count). The second-order valence-electron chi connectivity index (χ2n) is 3.88. The number of para-hydroxylation sites is 1. The van der Waals surface area contributed by atoms with Gasteiger partial charge in [-0.15, -0.1) is 0 Å². The average Bonchev–Trinajstić information content (AvgIpc) is 2.46. The zero-order valence-corrected chi connectivity index (χ0v) is 10.8. The van der Waals surface area contributed by atoms with Crippen LogP contribution in [0.3, 0.4) is 0 Å². The fourth-order valence-electron chi connectivity index (χ4n) is 1.56. The van der Waals surface area contributed by atoms with Gasteiger partial charge in [0, 0.05) is 6.07 Å². The molecule has 0 saturated carbocycles. The van der Waals surface area contributed by atoms with E-state index >= 15 is 0 Å². The zero-order chi connectivity index (χ0) is 13.5. The van der Waals surface area contributed by atoms with Gasteiger partial charge in [0.25, 0.3) is 0 Å². The van der Waals surface area contributed by atoms with E-state index in [0.717, 1.165) is 5.75 Å². The number of nitrogens with zero attached hydrogens (tertiary/aromatic N) is 1. The molecular formula is C14H17N3O2. The van der Waals surface area contributed by atoms with Crippen molar-refractivity contribution in [3.05, 3.63) is 42.5 Å². The van der Waals surface area contributed by atoms with Crippen molar-refractivity contribution < 1.29 is 9.47 Å². The largest absolute Gasteiger partial charge is 0.492 e. The van der Waals surface area contributed by atoms with E-state index in [1.54, 1.807) is 19.2 Å². The Balaban J connectivity index is 1.82. The fraction of sp³-hybridized carbons (Fsp3) is 0.214. The van der Waals surface area contributed by atoms with E-state index < -0.39 is 0 Å². The molecule has 3 N–H and O–H groups in total. The first kappa shape index (κ1) is 13.0. The molecule has 1 heterocycles. The van der Waals surface area contributed by atoms with E-state index in [0.29, 0.717) is 30.5 Å². The molecule has 2 aromatic rings. The predicted octanol–water partition coefficient (Wildman–Crippen LogP) is 2.16. The molecular weight excluding hydrogens is 242 g/mol. The third-order valence-electron chi connectivity index (χ3n) is 2.52. The minimum Gasteiger partial charge on any atom is -0.492 e. The van der Waals surface area contributed by atoms with Crippen molar-refractivity contribution in [2.24, 2.45) is 0 Å². The summed E-state index contributed by atoms with van der Waals surface area (Å²) in [5, 5.41) is 3.12. The number of methoxy groups -OCH3 is 1. The minimum absolute atomic E-state index is 0.528. The maximum absolute atomic E-state index is 5.82. The summed E-state index contributed by atoms with van der Waals surface area (Å²) in [7, 11) is 1.57. The lowest BCUT2D eigenvalue weighted by Gasteiger charge is -2.10. The summed E-state index contributed by atoms with van der Waals surface area (Å²) in [4.78, 5) is 4.22. The van der Waals surface area contributed by atoms with E-state index in [1.165, 1.54) is 0 Å². The highest BCUT2D eigenvalue weighted by atomic mass is 16.5. The highest BCUT2D eigenvalue weighted by Gasteiger charge is 2.02. The van der Waals surface area contributed by atoms with Crippen LogP contribution in [0.2, 0.25) is 0 Å². The van der Waals surface area contributed by atoms with Crippen molar-refractivity contribution in [3.63, 3.8) is 0 Å². The van der Waals surface area contributed by atoms with E-state index in [9.17, 15) is 0 Å². The van der Waals surface area contributed by atoms with Crippen molar-refractivity contribution in [1.82, 2.24) is 4.98 Å². The lowest BCUT2D eigenvalue weighted by Crippen LogP contribution is -2.13. The number of nitrogens with two attached hydrogens (primary N) is 1. The SMILES string of the molecule is COc1ccc(N)c(NCCOc2ccccc2)n1. The van der Waals surface area contributed by atoms with Crippen molar-refractivity contribution in [1.29, 1.82) is 0 Å². The number of benzene rings is 1. The Hall–Kier alpha value is -2.43. The third-order valence-corrected chi connectivity index (χ3v) is 2.52. The van der Waals surface area contributed by atoms with E-state index in [2.05, 4.69) is 10.3 Å². The second kappa shape index (κ2) is 6.49. The van der Waals surface area contributed by atoms with Gasteiger partial charge in [0.05, 0.1) is 19.3 Å². The molecule has 0 spiro atoms. The van der Waals surface area contributed by atoms with Crippen LogP contribution in [0.4, 0.5) is 11.5 Å². The molecule has 0 saturated heterocycles. The molecule has 1 aromatic heterocycles. The van der Waals surface area contributed by atoms with Gasteiger partial charge in [-0.05, 0) is 18.2 Å². The summed E-state index contributed by atoms with van der Waals surface area (Å²) < 4.78 is 10.6. The van der Waals surface area contributed by atoms with Crippen molar-refractivity contribution >= 4 is 11.5 Å². The highest BCUT2D eigenvalue weighted by Crippen LogP contribution is 2.19. The van der Waals surface area contributed by atoms with Gasteiger partial charge < -0.3 is 20.5 Å². The summed E-state index contributed by atoms with van der Waals surface area (Å²) in [5.41, 5.74) is 6.40. The Morgan fingerprint density at radius 3 is 2.68 bits per heavy atom. The standard InChI is InChI=1S/C14H17N3O2/c1-18-13-8-7-12(15)14(17-13)16-9-10-19-11-5-3-2-4-6-11/h2-8H,9-10,15H2,1H3,(H,16,17). The van der Waals surface area contributed by atoms with Crippen LogP contribution in [0.5, 0.6) is 11.6 Å². The molecule has 0 fully saturated rings. The number of hydrogen-bond donors (Lipinski definition) is 2. The lowest BCUT2D eigenvalue weighted by molar-refractivity contribution is 0.332. The summed E-state index contributed by atoms with van der Waals surface area (Å²) in [6.07, 6.45) is 0. The van der Waals surface area contributed by atoms with Gasteiger partial charge in [-0.1, -0.05) is 18.2 Å². The van der Waals surface area contributed by atoms with E-state index in [1.807, 2.05) is 30.3 Å². The summed E-state index contributed by atoms with van der Waals surface area (Å²) >= 11 is 0. The lowest BCUT2D eigenvalue weighted by atomic mass is 10.3. The first-order valence-electron chi connectivity index (χ1n) is 6.02. The molecule has 100 valence electrons. The van der Waals surface area contributed by atoms with Gasteiger partial charge in [0.1, 0.15) is 12.4 Å². The molecule has 0 atom stereocenters. The number of pyridine rings is 1. The third kappa shape index (κ3) is 3.77. The number of anilines is 2. The van der Waals surface area contributed by atoms with Gasteiger partial charge in [0.2, 0.25) is 5.88 Å². The molecule has 0 aliphatic carbocycles. The molecule has 0 radical (unpaired) electrons. The Morgan fingerprint density at radius 2 is 1.95 bits per heavy atom. The molecule has 1 aromatic carbocycles. The number of aromatic nitrogens is 1. The number of ether oxygens (including phenoxy) is 2. The Kier molecular flexibility index (Phi) is 4.44. The smallest absolute Gasteiger partial charge is 0.215 e. The van der Waals surface area contributed by atoms with Gasteiger partial charge in [-0.2, -0.15) is 4.98 Å². The predicted molar refractivity (Wildman–Crippen MR) is 75.6 cm³/mol. The Labute approximate surface area is 112 Å². The summed E-state index contributed by atoms with van der Waals surface area (Å²) in [6, 6.07) is 13.1. The van der Waals surface area contributed by atoms with Crippen LogP contribution in [0.25, 0.3) is 0 Å². The molecule has 0 aliphatic rings. The van der Waals surface area contributed by atoms with Crippen molar-refractivity contribution in [3.8, 4) is 11.6 Å². The monoisotopic (exact) mass is 259 g/mol. The average molecular weight is 259 g/mol. The zero-order valence-electron chi connectivity index (χ0n) is 10.8. The van der Waals surface area contributed by atoms with Gasteiger partial charge in [-0.25, -0.2) is 0 Å². The van der Waals surface area contributed by atoms with Gasteiger partial charge in [-0.3, -0.25) is 0 Å². The molecule has 5 heteroatoms. The molecule has 0 aliphatic heterocycles. The molecule has 0 amide bonds. The number of nitrogens with one attached hydrogen (secondary N) is 1. The number of nitrogen functional groups attached to an aromatic ring is 1. The first-order valence-corrected chi connectivity index (χ1v) is 6.02. The second-order valence-corrected chi connectivity index (χ2v) is 3.88. The maximum Gasteiger partial charge on any atom is 0.215 e. The van der Waals surface area contributed by atoms with Crippen LogP contribution in [0.1, 0.15) is 0 Å². The van der Waals surface area contributed by atoms with Crippen molar-refractivity contribution in [2.75, 3.05) is 31.3 Å². The van der Waals surface area contributed by atoms with Gasteiger partial charge >= 0.3 is 0 Å². The molecule has 19 heavy (non-hydrogen) atoms. The molecule has 5 nitrogen and oxygen atoms in total. The van der Waals surface area contributed by atoms with Crippen LogP contribution < -0.4 is 20.5 Å². The highest BCUT2D eigenvalue weighted by molar-refractivity contribution is 5.61. The van der Waals surface area contributed by atoms with Crippen LogP contribution in [0.15, 0.2) is 42.5 Å². The summed E-state index contributed by atoms with van der Waals surface area (Å²) in [5.74, 6) is 1.98. The Morgan fingerprint density at radius 1 is 1.16 bits per heavy atom. The van der Waals surface area contributed by atoms with Crippen LogP contribution in [-0.4, -0.2) is 25.2 Å². The van der Waals surface area contributed by atoms with Crippen LogP contribution in [0, 0.1) is 0 Å². The quantitative estimate of drug-likeness (QED) is 0.778. The fourth-order valence-corrected chi connectivity index (χ4v) is 1.56. The molecule has 0 unspecified atom stereocenters. The van der Waals surface area contributed by atoms with Crippen LogP contribution in [-0.2, 0) is 0 Å². The topological polar surface area (TPSA) is 69.4 Å². The van der Waals surface area contributed by atoms with Gasteiger partial charge in [0.15, 0.2) is 5.82 Å². The van der Waals surface area contributed by atoms with E-state index in [4.69, 9.17) is 15.2 Å². The van der Waals surface area contributed by atoms with Crippen LogP contribution >= 0.6 is 0 Å². The summed E-state index contributed by atoms with van der Waals surface area (Å²) in [6.45, 7) is 1.14. The maximum atomic E-state index is 5.82. The van der Waals surface area contributed by atoms with E-state index in [-0.39, 0.29) is 0 Å². The number of rotatable bonds is 6. The minimum atomic E-state index is 0.528. The van der Waals surface area contributed by atoms with Crippen molar-refractivity contribution in [2.45, 2.75) is 0 Å². The molecule has 0 bridgehead atoms. The normalized spacial score (nSPS) is 9.95. The first-order chi connectivity index (χ1) is 9.29. The Bertz CT molecular complexity index is 517. The number of hydrogen-bond acceptors (Lipinski definition) is 5.